The maximum Gasteiger partial charge on any atom is 0.303 e. The van der Waals surface area contributed by atoms with E-state index >= 15 is 0 Å². The first kappa shape index (κ1) is 11.7. The van der Waals surface area contributed by atoms with E-state index in [0.717, 1.165) is 6.42 Å². The van der Waals surface area contributed by atoms with Crippen LogP contribution in [0.4, 0.5) is 0 Å². The van der Waals surface area contributed by atoms with Crippen molar-refractivity contribution in [2.45, 2.75) is 19.3 Å². The molecule has 0 saturated carbocycles. The van der Waals surface area contributed by atoms with Crippen LogP contribution in [0.5, 0.6) is 0 Å². The summed E-state index contributed by atoms with van der Waals surface area (Å²) < 4.78 is 0. The third-order valence-corrected chi connectivity index (χ3v) is 1.53. The smallest absolute Gasteiger partial charge is 0.303 e. The van der Waals surface area contributed by atoms with E-state index in [-0.39, 0.29) is 6.42 Å². The third kappa shape index (κ3) is 7.11. The molecule has 0 aliphatic carbocycles. The van der Waals surface area contributed by atoms with Crippen LogP contribution in [0.2, 0.25) is 0 Å². The summed E-state index contributed by atoms with van der Waals surface area (Å²) >= 11 is 0. The molecule has 0 saturated heterocycles. The van der Waals surface area contributed by atoms with Crippen LogP contribution in [0.15, 0.2) is 4.99 Å². The Morgan fingerprint density at radius 3 is 2.54 bits per heavy atom. The van der Waals surface area contributed by atoms with E-state index in [1.807, 2.05) is 14.1 Å². The van der Waals surface area contributed by atoms with Crippen molar-refractivity contribution < 1.29 is 9.90 Å². The van der Waals surface area contributed by atoms with Gasteiger partial charge in [0, 0.05) is 27.1 Å². The van der Waals surface area contributed by atoms with Crippen LogP contribution in [0.3, 0.4) is 0 Å². The number of carboxylic acid groups (broad SMARTS) is 1. The fraction of sp³-hybridized carbons (Fsp3) is 0.750. The lowest BCUT2D eigenvalue weighted by Gasteiger charge is -2.09. The molecule has 0 aromatic heterocycles. The highest BCUT2D eigenvalue weighted by Gasteiger charge is 1.96. The molecular formula is C8H17N3O2. The minimum absolute atomic E-state index is 0.206. The summed E-state index contributed by atoms with van der Waals surface area (Å²) in [6, 6.07) is 0. The van der Waals surface area contributed by atoms with Crippen molar-refractivity contribution in [2.24, 2.45) is 10.7 Å². The van der Waals surface area contributed by atoms with E-state index in [2.05, 4.69) is 4.99 Å². The van der Waals surface area contributed by atoms with Crippen molar-refractivity contribution in [1.29, 1.82) is 0 Å². The molecule has 0 fully saturated rings. The minimum Gasteiger partial charge on any atom is -0.481 e. The molecule has 0 spiro atoms. The van der Waals surface area contributed by atoms with Gasteiger partial charge in [0.05, 0.1) is 0 Å². The second kappa shape index (κ2) is 6.28. The van der Waals surface area contributed by atoms with E-state index in [9.17, 15) is 4.79 Å². The summed E-state index contributed by atoms with van der Waals surface area (Å²) in [7, 11) is 3.63. The van der Waals surface area contributed by atoms with Crippen LogP contribution in [0.25, 0.3) is 0 Å². The number of aliphatic imine (C=N–C) groups is 1. The van der Waals surface area contributed by atoms with E-state index in [4.69, 9.17) is 10.8 Å². The summed E-state index contributed by atoms with van der Waals surface area (Å²) in [5.41, 5.74) is 5.52. The number of aliphatic carboxylic acids is 1. The Labute approximate surface area is 78.2 Å². The SMILES string of the molecule is CN(C)C(N)=NCCCCC(=O)O. The maximum absolute atomic E-state index is 10.1. The van der Waals surface area contributed by atoms with Crippen molar-refractivity contribution in [3.8, 4) is 0 Å². The molecule has 0 atom stereocenters. The number of carboxylic acids is 1. The lowest BCUT2D eigenvalue weighted by atomic mass is 10.2. The first-order valence-electron chi connectivity index (χ1n) is 4.23. The van der Waals surface area contributed by atoms with Gasteiger partial charge in [-0.2, -0.15) is 0 Å². The number of hydrogen-bond donors (Lipinski definition) is 2. The molecule has 5 heteroatoms. The largest absolute Gasteiger partial charge is 0.481 e. The lowest BCUT2D eigenvalue weighted by molar-refractivity contribution is -0.137. The quantitative estimate of drug-likeness (QED) is 0.364. The zero-order chi connectivity index (χ0) is 10.3. The van der Waals surface area contributed by atoms with Crippen LogP contribution >= 0.6 is 0 Å². The number of carbonyl (C=O) groups is 1. The van der Waals surface area contributed by atoms with Crippen LogP contribution in [-0.2, 0) is 4.79 Å². The highest BCUT2D eigenvalue weighted by atomic mass is 16.4. The van der Waals surface area contributed by atoms with Gasteiger partial charge in [0.15, 0.2) is 5.96 Å². The number of guanidine groups is 1. The molecule has 0 aromatic carbocycles. The Hall–Kier alpha value is -1.26. The van der Waals surface area contributed by atoms with Crippen LogP contribution in [0, 0.1) is 0 Å². The van der Waals surface area contributed by atoms with Crippen LogP contribution < -0.4 is 5.73 Å². The fourth-order valence-corrected chi connectivity index (χ4v) is 0.723. The number of unbranched alkanes of at least 4 members (excludes halogenated alkanes) is 1. The number of rotatable bonds is 5. The summed E-state index contributed by atoms with van der Waals surface area (Å²) in [4.78, 5) is 15.9. The van der Waals surface area contributed by atoms with Crippen LogP contribution in [0.1, 0.15) is 19.3 Å². The molecule has 0 heterocycles. The maximum atomic E-state index is 10.1. The first-order valence-corrected chi connectivity index (χ1v) is 4.23. The molecule has 0 aromatic rings. The second-order valence-electron chi connectivity index (χ2n) is 2.99. The van der Waals surface area contributed by atoms with Crippen molar-refractivity contribution in [3.63, 3.8) is 0 Å². The van der Waals surface area contributed by atoms with Gasteiger partial charge in [-0.05, 0) is 12.8 Å². The molecule has 0 aliphatic heterocycles. The topological polar surface area (TPSA) is 78.9 Å². The van der Waals surface area contributed by atoms with E-state index in [0.29, 0.717) is 18.9 Å². The summed E-state index contributed by atoms with van der Waals surface area (Å²) in [6.45, 7) is 0.595. The molecular weight excluding hydrogens is 170 g/mol. The molecule has 0 unspecified atom stereocenters. The molecule has 0 amide bonds. The standard InChI is InChI=1S/C8H17N3O2/c1-11(2)8(9)10-6-4-3-5-7(12)13/h3-6H2,1-2H3,(H2,9,10)(H,12,13). The first-order chi connectivity index (χ1) is 6.04. The molecule has 0 aliphatic rings. The van der Waals surface area contributed by atoms with Crippen molar-refractivity contribution >= 4 is 11.9 Å². The summed E-state index contributed by atoms with van der Waals surface area (Å²) in [5.74, 6) is -0.278. The number of nitrogens with two attached hydrogens (primary N) is 1. The molecule has 0 radical (unpaired) electrons. The normalized spacial score (nSPS) is 11.4. The van der Waals surface area contributed by atoms with Gasteiger partial charge in [0.1, 0.15) is 0 Å². The molecule has 0 bridgehead atoms. The van der Waals surface area contributed by atoms with E-state index in [1.165, 1.54) is 0 Å². The molecule has 76 valence electrons. The Morgan fingerprint density at radius 1 is 1.46 bits per heavy atom. The predicted molar refractivity (Wildman–Crippen MR) is 51.7 cm³/mol. The zero-order valence-corrected chi connectivity index (χ0v) is 8.16. The summed E-state index contributed by atoms with van der Waals surface area (Å²) in [5, 5.41) is 8.34. The number of hydrogen-bond acceptors (Lipinski definition) is 2. The Kier molecular flexibility index (Phi) is 5.67. The van der Waals surface area contributed by atoms with Gasteiger partial charge in [0.2, 0.25) is 0 Å². The van der Waals surface area contributed by atoms with Gasteiger partial charge in [-0.1, -0.05) is 0 Å². The van der Waals surface area contributed by atoms with E-state index < -0.39 is 5.97 Å². The van der Waals surface area contributed by atoms with Gasteiger partial charge in [-0.25, -0.2) is 0 Å². The van der Waals surface area contributed by atoms with Gasteiger partial charge in [0.25, 0.3) is 0 Å². The average Bonchev–Trinajstić information content (AvgIpc) is 2.02. The molecule has 3 N–H and O–H groups in total. The minimum atomic E-state index is -0.760. The van der Waals surface area contributed by atoms with Crippen molar-refractivity contribution in [1.82, 2.24) is 4.90 Å². The van der Waals surface area contributed by atoms with Gasteiger partial charge in [-0.3, -0.25) is 9.79 Å². The monoisotopic (exact) mass is 187 g/mol. The molecule has 5 nitrogen and oxygen atoms in total. The Morgan fingerprint density at radius 2 is 2.08 bits per heavy atom. The highest BCUT2D eigenvalue weighted by Crippen LogP contribution is 1.95. The van der Waals surface area contributed by atoms with Crippen molar-refractivity contribution in [3.05, 3.63) is 0 Å². The van der Waals surface area contributed by atoms with Crippen molar-refractivity contribution in [2.75, 3.05) is 20.6 Å². The Bertz CT molecular complexity index is 190. The third-order valence-electron chi connectivity index (χ3n) is 1.53. The zero-order valence-electron chi connectivity index (χ0n) is 8.16. The molecule has 13 heavy (non-hydrogen) atoms. The second-order valence-corrected chi connectivity index (χ2v) is 2.99. The summed E-state index contributed by atoms with van der Waals surface area (Å²) in [6.07, 6.45) is 1.62. The lowest BCUT2D eigenvalue weighted by Crippen LogP contribution is -2.30. The number of nitrogens with zero attached hydrogens (tertiary/aromatic N) is 2. The predicted octanol–water partition coefficient (Wildman–Crippen LogP) is 0.118. The van der Waals surface area contributed by atoms with Gasteiger partial charge in [-0.15, -0.1) is 0 Å². The van der Waals surface area contributed by atoms with E-state index in [1.54, 1.807) is 4.90 Å². The van der Waals surface area contributed by atoms with Crippen LogP contribution in [-0.4, -0.2) is 42.6 Å². The average molecular weight is 187 g/mol. The Balaban J connectivity index is 3.44. The van der Waals surface area contributed by atoms with Gasteiger partial charge >= 0.3 is 5.97 Å². The molecule has 0 rings (SSSR count). The highest BCUT2D eigenvalue weighted by molar-refractivity contribution is 5.77. The fourth-order valence-electron chi connectivity index (χ4n) is 0.723. The van der Waals surface area contributed by atoms with Gasteiger partial charge < -0.3 is 15.7 Å².